The maximum atomic E-state index is 12.3. The number of nitrogens with one attached hydrogen (secondary N) is 1. The summed E-state index contributed by atoms with van der Waals surface area (Å²) in [6.45, 7) is 0.373. The van der Waals surface area contributed by atoms with Gasteiger partial charge in [0.05, 0.1) is 17.9 Å². The van der Waals surface area contributed by atoms with Crippen LogP contribution < -0.4 is 5.43 Å². The van der Waals surface area contributed by atoms with Crippen LogP contribution in [0.5, 0.6) is 0 Å². The third kappa shape index (κ3) is 3.46. The first-order chi connectivity index (χ1) is 8.97. The molecule has 1 aliphatic rings. The number of carbonyl (C=O) groups excluding carboxylic acids is 1. The quantitative estimate of drug-likeness (QED) is 0.665. The van der Waals surface area contributed by atoms with Crippen molar-refractivity contribution in [3.63, 3.8) is 0 Å². The largest absolute Gasteiger partial charge is 0.461 e. The Bertz CT molecular complexity index is 495. The lowest BCUT2D eigenvalue weighted by molar-refractivity contribution is -0.138. The van der Waals surface area contributed by atoms with Crippen LogP contribution in [0.2, 0.25) is 0 Å². The number of hydrogen-bond donors (Lipinski definition) is 1. The number of hydrazone groups is 1. The van der Waals surface area contributed by atoms with E-state index < -0.39 is 17.7 Å². The lowest BCUT2D eigenvalue weighted by Gasteiger charge is -2.13. The van der Waals surface area contributed by atoms with Crippen LogP contribution in [-0.2, 0) is 15.7 Å². The number of esters is 1. The molecule has 1 aromatic carbocycles. The van der Waals surface area contributed by atoms with E-state index in [0.29, 0.717) is 25.1 Å². The molecule has 4 nitrogen and oxygen atoms in total. The first-order valence-corrected chi connectivity index (χ1v) is 5.64. The topological polar surface area (TPSA) is 50.7 Å². The summed E-state index contributed by atoms with van der Waals surface area (Å²) in [7, 11) is 0. The van der Waals surface area contributed by atoms with Crippen LogP contribution in [0.25, 0.3) is 0 Å². The van der Waals surface area contributed by atoms with Crippen molar-refractivity contribution in [1.29, 1.82) is 0 Å². The number of halogens is 3. The van der Waals surface area contributed by atoms with E-state index in [0.717, 1.165) is 12.1 Å². The maximum Gasteiger partial charge on any atom is 0.416 e. The first kappa shape index (κ1) is 13.4. The van der Waals surface area contributed by atoms with Crippen LogP contribution in [0.3, 0.4) is 0 Å². The predicted octanol–water partition coefficient (Wildman–Crippen LogP) is 2.81. The zero-order valence-electron chi connectivity index (χ0n) is 9.83. The molecular weight excluding hydrogens is 261 g/mol. The van der Waals surface area contributed by atoms with E-state index in [1.807, 2.05) is 0 Å². The van der Waals surface area contributed by atoms with E-state index >= 15 is 0 Å². The first-order valence-electron chi connectivity index (χ1n) is 5.64. The molecule has 2 rings (SSSR count). The van der Waals surface area contributed by atoms with Crippen molar-refractivity contribution in [2.75, 3.05) is 12.0 Å². The number of rotatable bonds is 2. The molecule has 1 fully saturated rings. The molecule has 102 valence electrons. The van der Waals surface area contributed by atoms with Gasteiger partial charge in [-0.05, 0) is 30.7 Å². The standard InChI is InChI=1S/C12H11F3N2O2/c13-12(14,15)8-3-5-9(6-4-8)16-17-10-2-1-7-19-11(10)18/h3-6,16H,1-2,7H2/b17-10+. The summed E-state index contributed by atoms with van der Waals surface area (Å²) in [4.78, 5) is 11.3. The summed E-state index contributed by atoms with van der Waals surface area (Å²) >= 11 is 0. The summed E-state index contributed by atoms with van der Waals surface area (Å²) in [5.41, 5.74) is 2.43. The van der Waals surface area contributed by atoms with E-state index in [9.17, 15) is 18.0 Å². The van der Waals surface area contributed by atoms with E-state index in [1.54, 1.807) is 0 Å². The van der Waals surface area contributed by atoms with E-state index in [2.05, 4.69) is 10.5 Å². The zero-order chi connectivity index (χ0) is 13.9. The molecule has 0 aliphatic carbocycles. The van der Waals surface area contributed by atoms with Gasteiger partial charge in [-0.2, -0.15) is 18.3 Å². The molecule has 1 aromatic rings. The summed E-state index contributed by atoms with van der Waals surface area (Å²) in [5.74, 6) is -0.495. The van der Waals surface area contributed by atoms with Crippen molar-refractivity contribution in [3.05, 3.63) is 29.8 Å². The van der Waals surface area contributed by atoms with Crippen molar-refractivity contribution in [3.8, 4) is 0 Å². The van der Waals surface area contributed by atoms with Gasteiger partial charge < -0.3 is 4.74 Å². The molecule has 0 bridgehead atoms. The molecule has 0 aromatic heterocycles. The molecular formula is C12H11F3N2O2. The minimum atomic E-state index is -4.36. The molecule has 0 saturated carbocycles. The van der Waals surface area contributed by atoms with Crippen LogP contribution in [0.1, 0.15) is 18.4 Å². The summed E-state index contributed by atoms with van der Waals surface area (Å²) in [6.07, 6.45) is -3.18. The minimum absolute atomic E-state index is 0.242. The Kier molecular flexibility index (Phi) is 3.73. The van der Waals surface area contributed by atoms with Gasteiger partial charge in [0.2, 0.25) is 0 Å². The van der Waals surface area contributed by atoms with Crippen molar-refractivity contribution in [2.45, 2.75) is 19.0 Å². The van der Waals surface area contributed by atoms with Gasteiger partial charge in [-0.15, -0.1) is 0 Å². The summed E-state index contributed by atoms with van der Waals surface area (Å²) < 4.78 is 41.8. The normalized spacial score (nSPS) is 18.3. The van der Waals surface area contributed by atoms with Gasteiger partial charge in [0.1, 0.15) is 5.71 Å². The number of hydrogen-bond acceptors (Lipinski definition) is 4. The lowest BCUT2D eigenvalue weighted by atomic mass is 10.2. The Hall–Kier alpha value is -2.05. The van der Waals surface area contributed by atoms with Gasteiger partial charge in [0.15, 0.2) is 0 Å². The van der Waals surface area contributed by atoms with Gasteiger partial charge in [0.25, 0.3) is 0 Å². The lowest BCUT2D eigenvalue weighted by Crippen LogP contribution is -2.24. The van der Waals surface area contributed by atoms with Crippen LogP contribution in [0.4, 0.5) is 18.9 Å². The molecule has 1 heterocycles. The second kappa shape index (κ2) is 5.29. The van der Waals surface area contributed by atoms with Crippen LogP contribution >= 0.6 is 0 Å². The van der Waals surface area contributed by atoms with Crippen molar-refractivity contribution < 1.29 is 22.7 Å². The van der Waals surface area contributed by atoms with Gasteiger partial charge in [-0.1, -0.05) is 0 Å². The zero-order valence-corrected chi connectivity index (χ0v) is 9.83. The van der Waals surface area contributed by atoms with Crippen LogP contribution in [0, 0.1) is 0 Å². The predicted molar refractivity (Wildman–Crippen MR) is 62.7 cm³/mol. The fraction of sp³-hybridized carbons (Fsp3) is 0.333. The number of benzene rings is 1. The Morgan fingerprint density at radius 2 is 1.89 bits per heavy atom. The van der Waals surface area contributed by atoms with Crippen molar-refractivity contribution in [2.24, 2.45) is 5.10 Å². The fourth-order valence-electron chi connectivity index (χ4n) is 1.56. The minimum Gasteiger partial charge on any atom is -0.461 e. The van der Waals surface area contributed by atoms with Crippen LogP contribution in [0.15, 0.2) is 29.4 Å². The van der Waals surface area contributed by atoms with Crippen molar-refractivity contribution in [1.82, 2.24) is 0 Å². The molecule has 7 heteroatoms. The Labute approximate surface area is 107 Å². The van der Waals surface area contributed by atoms with E-state index in [1.165, 1.54) is 12.1 Å². The van der Waals surface area contributed by atoms with Crippen LogP contribution in [-0.4, -0.2) is 18.3 Å². The molecule has 1 saturated heterocycles. The SMILES string of the molecule is O=C1OCCC/C1=N\Nc1ccc(C(F)(F)F)cc1. The molecule has 0 radical (unpaired) electrons. The number of carbonyl (C=O) groups is 1. The Morgan fingerprint density at radius 3 is 2.47 bits per heavy atom. The third-order valence-corrected chi connectivity index (χ3v) is 2.56. The van der Waals surface area contributed by atoms with E-state index in [4.69, 9.17) is 4.74 Å². The number of cyclic esters (lactones) is 1. The molecule has 19 heavy (non-hydrogen) atoms. The Balaban J connectivity index is 2.04. The summed E-state index contributed by atoms with van der Waals surface area (Å²) in [5, 5.41) is 3.84. The number of ether oxygens (including phenoxy) is 1. The fourth-order valence-corrected chi connectivity index (χ4v) is 1.56. The highest BCUT2D eigenvalue weighted by Gasteiger charge is 2.29. The monoisotopic (exact) mass is 272 g/mol. The Morgan fingerprint density at radius 1 is 1.21 bits per heavy atom. The van der Waals surface area contributed by atoms with Gasteiger partial charge >= 0.3 is 12.1 Å². The van der Waals surface area contributed by atoms with Crippen molar-refractivity contribution >= 4 is 17.4 Å². The highest BCUT2D eigenvalue weighted by atomic mass is 19.4. The summed E-state index contributed by atoms with van der Waals surface area (Å²) in [6, 6.07) is 4.39. The molecule has 0 atom stereocenters. The van der Waals surface area contributed by atoms with E-state index in [-0.39, 0.29) is 5.71 Å². The molecule has 1 aliphatic heterocycles. The number of nitrogens with zero attached hydrogens (tertiary/aromatic N) is 1. The second-order valence-corrected chi connectivity index (χ2v) is 3.98. The number of anilines is 1. The molecule has 1 N–H and O–H groups in total. The second-order valence-electron chi connectivity index (χ2n) is 3.98. The highest BCUT2D eigenvalue weighted by molar-refractivity contribution is 6.36. The molecule has 0 unspecified atom stereocenters. The number of alkyl halides is 3. The van der Waals surface area contributed by atoms with Gasteiger partial charge in [-0.3, -0.25) is 5.43 Å². The molecule has 0 amide bonds. The average Bonchev–Trinajstić information content (AvgIpc) is 2.37. The van der Waals surface area contributed by atoms with Gasteiger partial charge in [0, 0.05) is 6.42 Å². The highest BCUT2D eigenvalue weighted by Crippen LogP contribution is 2.29. The maximum absolute atomic E-state index is 12.3. The third-order valence-electron chi connectivity index (χ3n) is 2.56. The molecule has 0 spiro atoms. The smallest absolute Gasteiger partial charge is 0.416 e. The van der Waals surface area contributed by atoms with Gasteiger partial charge in [-0.25, -0.2) is 4.79 Å². The average molecular weight is 272 g/mol.